The van der Waals surface area contributed by atoms with Crippen molar-refractivity contribution in [2.24, 2.45) is 16.5 Å². The van der Waals surface area contributed by atoms with Crippen molar-refractivity contribution in [1.82, 2.24) is 0 Å². The van der Waals surface area contributed by atoms with Gasteiger partial charge in [-0.05, 0) is 41.3 Å². The van der Waals surface area contributed by atoms with E-state index in [0.717, 1.165) is 23.8 Å². The van der Waals surface area contributed by atoms with Gasteiger partial charge >= 0.3 is 6.18 Å². The van der Waals surface area contributed by atoms with Crippen molar-refractivity contribution in [3.63, 3.8) is 0 Å². The molecule has 30 heavy (non-hydrogen) atoms. The topological polar surface area (TPSA) is 98.5 Å². The van der Waals surface area contributed by atoms with E-state index in [0.29, 0.717) is 0 Å². The van der Waals surface area contributed by atoms with Crippen molar-refractivity contribution in [3.8, 4) is 5.75 Å². The summed E-state index contributed by atoms with van der Waals surface area (Å²) in [5, 5.41) is 7.65. The molecule has 0 aromatic heterocycles. The molecule has 10 heteroatoms. The molecule has 1 aliphatic rings. The molecule has 2 atom stereocenters. The Morgan fingerprint density at radius 2 is 1.73 bits per heavy atom. The first-order valence-corrected chi connectivity index (χ1v) is 10.5. The molecule has 0 saturated heterocycles. The zero-order chi connectivity index (χ0) is 22.5. The van der Waals surface area contributed by atoms with Gasteiger partial charge in [0.05, 0.1) is 29.2 Å². The molecule has 162 valence electrons. The number of nitrogens with two attached hydrogens (primary N) is 1. The molecule has 2 aromatic rings. The second-order valence-corrected chi connectivity index (χ2v) is 9.35. The van der Waals surface area contributed by atoms with Crippen LogP contribution in [0, 0.1) is 11.3 Å². The number of benzene rings is 2. The van der Waals surface area contributed by atoms with Gasteiger partial charge in [-0.15, -0.1) is 0 Å². The Morgan fingerprint density at radius 3 is 2.23 bits per heavy atom. The highest BCUT2D eigenvalue weighted by atomic mass is 32.2. The van der Waals surface area contributed by atoms with Crippen LogP contribution in [0.3, 0.4) is 0 Å². The number of methoxy groups -OCH3 is 1. The molecule has 0 heterocycles. The number of primary sulfonamides is 1. The molecule has 3 N–H and O–H groups in total. The molecule has 1 amide bonds. The Kier molecular flexibility index (Phi) is 5.36. The molecule has 0 bridgehead atoms. The maximum Gasteiger partial charge on any atom is 0.416 e. The number of nitrogens with one attached hydrogen (secondary N) is 1. The van der Waals surface area contributed by atoms with Gasteiger partial charge in [0, 0.05) is 5.92 Å². The normalized spacial score (nSPS) is 20.5. The molecule has 1 saturated carbocycles. The smallest absolute Gasteiger partial charge is 0.416 e. The Hall–Kier alpha value is -2.59. The predicted molar refractivity (Wildman–Crippen MR) is 104 cm³/mol. The fourth-order valence-electron chi connectivity index (χ4n) is 3.81. The van der Waals surface area contributed by atoms with Crippen LogP contribution in [0.15, 0.2) is 47.4 Å². The number of sulfonamides is 1. The maximum absolute atomic E-state index is 13.0. The number of ether oxygens (including phenoxy) is 1. The van der Waals surface area contributed by atoms with Gasteiger partial charge in [-0.2, -0.15) is 13.2 Å². The summed E-state index contributed by atoms with van der Waals surface area (Å²) in [7, 11) is -2.53. The zero-order valence-electron chi connectivity index (χ0n) is 16.4. The van der Waals surface area contributed by atoms with Crippen molar-refractivity contribution in [2.45, 2.75) is 30.8 Å². The lowest BCUT2D eigenvalue weighted by molar-refractivity contribution is -0.137. The van der Waals surface area contributed by atoms with Crippen LogP contribution in [0.25, 0.3) is 0 Å². The van der Waals surface area contributed by atoms with E-state index >= 15 is 0 Å². The van der Waals surface area contributed by atoms with Crippen LogP contribution in [0.4, 0.5) is 18.9 Å². The standard InChI is InChI=1S/C20H21F3N2O4S/c1-19(2)16(11-4-7-13(8-5-11)30(24,27)28)17(19)18(26)25-14-10-12(20(21,22)23)6-9-15(14)29-3/h4-10,16-17H,1-3H3,(H,25,26)(H2,24,27,28)/t16-,17+/m0/s1. The average molecular weight is 442 g/mol. The predicted octanol–water partition coefficient (Wildman–Crippen LogP) is 3.74. The summed E-state index contributed by atoms with van der Waals surface area (Å²) in [6.45, 7) is 3.72. The van der Waals surface area contributed by atoms with Gasteiger partial charge in [-0.3, -0.25) is 4.79 Å². The van der Waals surface area contributed by atoms with Crippen LogP contribution in [-0.4, -0.2) is 21.4 Å². The van der Waals surface area contributed by atoms with Crippen molar-refractivity contribution < 1.29 is 31.1 Å². The molecule has 6 nitrogen and oxygen atoms in total. The fraction of sp³-hybridized carbons (Fsp3) is 0.350. The molecule has 0 unspecified atom stereocenters. The Labute approximate surface area is 172 Å². The van der Waals surface area contributed by atoms with E-state index in [-0.39, 0.29) is 22.3 Å². The maximum atomic E-state index is 13.0. The quantitative estimate of drug-likeness (QED) is 0.737. The van der Waals surface area contributed by atoms with E-state index in [2.05, 4.69) is 5.32 Å². The second-order valence-electron chi connectivity index (χ2n) is 7.79. The molecular formula is C20H21F3N2O4S. The molecule has 0 radical (unpaired) electrons. The van der Waals surface area contributed by atoms with E-state index in [1.165, 1.54) is 19.2 Å². The lowest BCUT2D eigenvalue weighted by Gasteiger charge is -2.14. The lowest BCUT2D eigenvalue weighted by Crippen LogP contribution is -2.18. The molecule has 2 aromatic carbocycles. The second kappa shape index (κ2) is 7.28. The van der Waals surface area contributed by atoms with Gasteiger partial charge < -0.3 is 10.1 Å². The van der Waals surface area contributed by atoms with Gasteiger partial charge in [0.2, 0.25) is 15.9 Å². The van der Waals surface area contributed by atoms with E-state index in [1.54, 1.807) is 12.1 Å². The van der Waals surface area contributed by atoms with Gasteiger partial charge in [0.15, 0.2) is 0 Å². The Morgan fingerprint density at radius 1 is 1.13 bits per heavy atom. The highest BCUT2D eigenvalue weighted by Gasteiger charge is 2.62. The first-order valence-electron chi connectivity index (χ1n) is 8.95. The van der Waals surface area contributed by atoms with Crippen molar-refractivity contribution >= 4 is 21.6 Å². The van der Waals surface area contributed by atoms with E-state index in [4.69, 9.17) is 9.88 Å². The van der Waals surface area contributed by atoms with E-state index in [1.807, 2.05) is 13.8 Å². The van der Waals surface area contributed by atoms with E-state index < -0.39 is 39.0 Å². The molecule has 1 fully saturated rings. The van der Waals surface area contributed by atoms with Crippen LogP contribution in [0.5, 0.6) is 5.75 Å². The summed E-state index contributed by atoms with van der Waals surface area (Å²) < 4.78 is 67.0. The summed E-state index contributed by atoms with van der Waals surface area (Å²) in [4.78, 5) is 12.8. The minimum absolute atomic E-state index is 0.0422. The van der Waals surface area contributed by atoms with Crippen molar-refractivity contribution in [1.29, 1.82) is 0 Å². The number of anilines is 1. The average Bonchev–Trinajstić information content (AvgIpc) is 3.22. The molecule has 1 aliphatic carbocycles. The van der Waals surface area contributed by atoms with Crippen LogP contribution in [0.1, 0.15) is 30.9 Å². The minimum Gasteiger partial charge on any atom is -0.495 e. The summed E-state index contributed by atoms with van der Waals surface area (Å²) in [5.74, 6) is -1.08. The first kappa shape index (κ1) is 22.1. The number of carbonyl (C=O) groups is 1. The SMILES string of the molecule is COc1ccc(C(F)(F)F)cc1NC(=O)[C@H]1[C@H](c2ccc(S(N)(=O)=O)cc2)C1(C)C. The number of amides is 1. The van der Waals surface area contributed by atoms with Crippen LogP contribution in [0.2, 0.25) is 0 Å². The number of carbonyl (C=O) groups excluding carboxylic acids is 1. The van der Waals surface area contributed by atoms with Crippen LogP contribution < -0.4 is 15.2 Å². The van der Waals surface area contributed by atoms with Crippen LogP contribution >= 0.6 is 0 Å². The number of alkyl halides is 3. The lowest BCUT2D eigenvalue weighted by atomic mass is 10.0. The summed E-state index contributed by atoms with van der Waals surface area (Å²) >= 11 is 0. The Bertz CT molecular complexity index is 1080. The molecule has 3 rings (SSSR count). The number of rotatable bonds is 5. The fourth-order valence-corrected chi connectivity index (χ4v) is 4.32. The minimum atomic E-state index is -4.56. The third kappa shape index (κ3) is 4.15. The van der Waals surface area contributed by atoms with Gasteiger partial charge in [0.1, 0.15) is 5.75 Å². The number of hydrogen-bond acceptors (Lipinski definition) is 4. The summed E-state index contributed by atoms with van der Waals surface area (Å²) in [6, 6.07) is 8.77. The van der Waals surface area contributed by atoms with E-state index in [9.17, 15) is 26.4 Å². The molecular weight excluding hydrogens is 421 g/mol. The van der Waals surface area contributed by atoms with Crippen LogP contribution in [-0.2, 0) is 21.0 Å². The van der Waals surface area contributed by atoms with Gasteiger partial charge in [-0.1, -0.05) is 26.0 Å². The molecule has 0 aliphatic heterocycles. The van der Waals surface area contributed by atoms with Crippen molar-refractivity contribution in [2.75, 3.05) is 12.4 Å². The number of halogens is 3. The molecule has 0 spiro atoms. The first-order chi connectivity index (χ1) is 13.8. The van der Waals surface area contributed by atoms with Gasteiger partial charge in [0.25, 0.3) is 0 Å². The summed E-state index contributed by atoms with van der Waals surface area (Å²) in [5.41, 5.74) is -0.696. The summed E-state index contributed by atoms with van der Waals surface area (Å²) in [6.07, 6.45) is -4.56. The highest BCUT2D eigenvalue weighted by molar-refractivity contribution is 7.89. The van der Waals surface area contributed by atoms with Crippen molar-refractivity contribution in [3.05, 3.63) is 53.6 Å². The highest BCUT2D eigenvalue weighted by Crippen LogP contribution is 2.64. The van der Waals surface area contributed by atoms with Gasteiger partial charge in [-0.25, -0.2) is 13.6 Å². The largest absolute Gasteiger partial charge is 0.495 e. The third-order valence-corrected chi connectivity index (χ3v) is 6.39. The zero-order valence-corrected chi connectivity index (χ0v) is 17.3. The third-order valence-electron chi connectivity index (χ3n) is 5.46. The Balaban J connectivity index is 1.84. The monoisotopic (exact) mass is 442 g/mol. The number of hydrogen-bond donors (Lipinski definition) is 2.